The highest BCUT2D eigenvalue weighted by atomic mass is 19.2. The van der Waals surface area contributed by atoms with Crippen LogP contribution in [0.25, 0.3) is 5.69 Å². The van der Waals surface area contributed by atoms with Gasteiger partial charge in [0.05, 0.1) is 17.5 Å². The van der Waals surface area contributed by atoms with Gasteiger partial charge in [0.15, 0.2) is 17.5 Å². The minimum absolute atomic E-state index is 0.230. The number of hydrogen-bond acceptors (Lipinski definition) is 4. The molecule has 27 heavy (non-hydrogen) atoms. The van der Waals surface area contributed by atoms with E-state index in [2.05, 4.69) is 15.4 Å². The largest absolute Gasteiger partial charge is 0.393 e. The minimum Gasteiger partial charge on any atom is -0.393 e. The maximum absolute atomic E-state index is 13.9. The quantitative estimate of drug-likeness (QED) is 0.637. The van der Waals surface area contributed by atoms with E-state index in [9.17, 15) is 18.3 Å². The lowest BCUT2D eigenvalue weighted by Crippen LogP contribution is -2.12. The van der Waals surface area contributed by atoms with Gasteiger partial charge in [0, 0.05) is 42.2 Å². The molecule has 0 saturated carbocycles. The Hall–Kier alpha value is -2.87. The molecular formula is C19H19F3N4O. The summed E-state index contributed by atoms with van der Waals surface area (Å²) in [7, 11) is 0. The average molecular weight is 376 g/mol. The second kappa shape index (κ2) is 7.79. The van der Waals surface area contributed by atoms with Crippen LogP contribution < -0.4 is 5.32 Å². The predicted molar refractivity (Wildman–Crippen MR) is 95.7 cm³/mol. The molecule has 0 aliphatic carbocycles. The highest BCUT2D eigenvalue weighted by Crippen LogP contribution is 2.24. The number of aliphatic hydroxyl groups excluding tert-OH is 1. The summed E-state index contributed by atoms with van der Waals surface area (Å²) in [5.41, 5.74) is 1.96. The number of rotatable bonds is 6. The van der Waals surface area contributed by atoms with Gasteiger partial charge < -0.3 is 10.4 Å². The van der Waals surface area contributed by atoms with Crippen LogP contribution in [0.2, 0.25) is 0 Å². The van der Waals surface area contributed by atoms with Gasteiger partial charge in [-0.1, -0.05) is 6.92 Å². The van der Waals surface area contributed by atoms with Crippen LogP contribution in [0.1, 0.15) is 24.7 Å². The van der Waals surface area contributed by atoms with Crippen molar-refractivity contribution >= 4 is 11.5 Å². The molecule has 2 N–H and O–H groups in total. The van der Waals surface area contributed by atoms with Gasteiger partial charge >= 0.3 is 0 Å². The summed E-state index contributed by atoms with van der Waals surface area (Å²) in [6.07, 6.45) is 1.94. The SMILES string of the molecule is CCC(O)Cc1cc(Nc2cc(F)c(F)cc2F)nn1-c1ccnc(C)c1. The lowest BCUT2D eigenvalue weighted by atomic mass is 10.1. The van der Waals surface area contributed by atoms with Crippen molar-refractivity contribution in [1.82, 2.24) is 14.8 Å². The van der Waals surface area contributed by atoms with E-state index in [4.69, 9.17) is 0 Å². The molecule has 5 nitrogen and oxygen atoms in total. The molecule has 0 spiro atoms. The van der Waals surface area contributed by atoms with Crippen LogP contribution in [0.15, 0.2) is 36.5 Å². The van der Waals surface area contributed by atoms with E-state index < -0.39 is 23.6 Å². The number of anilines is 2. The third kappa shape index (κ3) is 4.28. The van der Waals surface area contributed by atoms with Crippen LogP contribution in [0.5, 0.6) is 0 Å². The predicted octanol–water partition coefficient (Wildman–Crippen LogP) is 4.05. The molecule has 3 rings (SSSR count). The molecule has 2 heterocycles. The van der Waals surface area contributed by atoms with Gasteiger partial charge in [0.2, 0.25) is 0 Å². The molecule has 8 heteroatoms. The molecule has 3 aromatic rings. The molecule has 0 amide bonds. The fourth-order valence-corrected chi connectivity index (χ4v) is 2.65. The van der Waals surface area contributed by atoms with Crippen LogP contribution in [0.3, 0.4) is 0 Å². The maximum atomic E-state index is 13.9. The van der Waals surface area contributed by atoms with E-state index in [1.165, 1.54) is 0 Å². The zero-order valence-electron chi connectivity index (χ0n) is 14.9. The van der Waals surface area contributed by atoms with Crippen molar-refractivity contribution in [2.75, 3.05) is 5.32 Å². The first-order valence-electron chi connectivity index (χ1n) is 8.49. The highest BCUT2D eigenvalue weighted by molar-refractivity contribution is 5.58. The van der Waals surface area contributed by atoms with Crippen LogP contribution in [0.4, 0.5) is 24.7 Å². The van der Waals surface area contributed by atoms with Gasteiger partial charge in [0.25, 0.3) is 0 Å². The second-order valence-corrected chi connectivity index (χ2v) is 6.23. The number of nitrogens with zero attached hydrogens (tertiary/aromatic N) is 3. The van der Waals surface area contributed by atoms with E-state index in [-0.39, 0.29) is 11.5 Å². The van der Waals surface area contributed by atoms with E-state index in [0.717, 1.165) is 17.4 Å². The summed E-state index contributed by atoms with van der Waals surface area (Å²) in [6.45, 7) is 3.70. The van der Waals surface area contributed by atoms with Crippen LogP contribution in [-0.4, -0.2) is 26.0 Å². The van der Waals surface area contributed by atoms with E-state index in [1.54, 1.807) is 23.0 Å². The zero-order valence-corrected chi connectivity index (χ0v) is 14.9. The van der Waals surface area contributed by atoms with E-state index >= 15 is 0 Å². The lowest BCUT2D eigenvalue weighted by Gasteiger charge is -2.10. The van der Waals surface area contributed by atoms with Crippen molar-refractivity contribution in [3.8, 4) is 5.69 Å². The Labute approximate surface area is 154 Å². The smallest absolute Gasteiger partial charge is 0.161 e. The molecule has 1 unspecified atom stereocenters. The van der Waals surface area contributed by atoms with Crippen LogP contribution in [0, 0.1) is 24.4 Å². The Morgan fingerprint density at radius 2 is 1.85 bits per heavy atom. The number of aryl methyl sites for hydroxylation is 1. The van der Waals surface area contributed by atoms with Gasteiger partial charge in [-0.05, 0) is 25.5 Å². The fraction of sp³-hybridized carbons (Fsp3) is 0.263. The average Bonchev–Trinajstić information content (AvgIpc) is 3.02. The molecule has 0 radical (unpaired) electrons. The maximum Gasteiger partial charge on any atom is 0.161 e. The minimum atomic E-state index is -1.26. The summed E-state index contributed by atoms with van der Waals surface area (Å²) < 4.78 is 42.1. The molecular weight excluding hydrogens is 357 g/mol. The lowest BCUT2D eigenvalue weighted by molar-refractivity contribution is 0.169. The monoisotopic (exact) mass is 376 g/mol. The summed E-state index contributed by atoms with van der Waals surface area (Å²) in [5.74, 6) is -3.11. The Bertz CT molecular complexity index is 958. The number of hydrogen-bond donors (Lipinski definition) is 2. The highest BCUT2D eigenvalue weighted by Gasteiger charge is 2.16. The van der Waals surface area contributed by atoms with Crippen molar-refractivity contribution in [2.24, 2.45) is 0 Å². The number of pyridine rings is 1. The normalized spacial score (nSPS) is 12.2. The Kier molecular flexibility index (Phi) is 5.46. The Morgan fingerprint density at radius 1 is 1.11 bits per heavy atom. The molecule has 1 aromatic carbocycles. The Balaban J connectivity index is 1.99. The number of aromatic nitrogens is 3. The Morgan fingerprint density at radius 3 is 2.56 bits per heavy atom. The van der Waals surface area contributed by atoms with Crippen molar-refractivity contribution < 1.29 is 18.3 Å². The number of aliphatic hydroxyl groups is 1. The summed E-state index contributed by atoms with van der Waals surface area (Å²) in [5, 5.41) is 17.1. The molecule has 1 atom stereocenters. The first-order chi connectivity index (χ1) is 12.9. The van der Waals surface area contributed by atoms with Crippen molar-refractivity contribution in [3.63, 3.8) is 0 Å². The van der Waals surface area contributed by atoms with Crippen molar-refractivity contribution in [1.29, 1.82) is 0 Å². The first kappa shape index (κ1) is 18.9. The number of benzene rings is 1. The molecule has 0 saturated heterocycles. The van der Waals surface area contributed by atoms with Crippen molar-refractivity contribution in [2.45, 2.75) is 32.8 Å². The van der Waals surface area contributed by atoms with Gasteiger partial charge in [-0.2, -0.15) is 0 Å². The first-order valence-corrected chi connectivity index (χ1v) is 8.49. The van der Waals surface area contributed by atoms with Gasteiger partial charge in [0.1, 0.15) is 5.82 Å². The summed E-state index contributed by atoms with van der Waals surface area (Å²) in [4.78, 5) is 4.14. The summed E-state index contributed by atoms with van der Waals surface area (Å²) in [6, 6.07) is 6.42. The third-order valence-corrected chi connectivity index (χ3v) is 4.10. The molecule has 0 fully saturated rings. The molecule has 0 aliphatic heterocycles. The molecule has 0 bridgehead atoms. The standard InChI is InChI=1S/C19H19F3N4O/c1-3-14(27)7-13-8-19(24-18-10-16(21)15(20)9-17(18)22)25-26(13)12-4-5-23-11(2)6-12/h4-6,8-10,14,27H,3,7H2,1-2H3,(H,24,25). The topological polar surface area (TPSA) is 63.0 Å². The summed E-state index contributed by atoms with van der Waals surface area (Å²) >= 11 is 0. The van der Waals surface area contributed by atoms with Gasteiger partial charge in [-0.25, -0.2) is 17.9 Å². The van der Waals surface area contributed by atoms with Crippen LogP contribution >= 0.6 is 0 Å². The number of nitrogens with one attached hydrogen (secondary N) is 1. The third-order valence-electron chi connectivity index (χ3n) is 4.10. The second-order valence-electron chi connectivity index (χ2n) is 6.23. The molecule has 0 aliphatic rings. The molecule has 2 aromatic heterocycles. The van der Waals surface area contributed by atoms with Crippen molar-refractivity contribution in [3.05, 3.63) is 65.4 Å². The number of halogens is 3. The molecule has 142 valence electrons. The van der Waals surface area contributed by atoms with Gasteiger partial charge in [-0.15, -0.1) is 5.10 Å². The van der Waals surface area contributed by atoms with E-state index in [0.29, 0.717) is 24.6 Å². The van der Waals surface area contributed by atoms with E-state index in [1.807, 2.05) is 19.9 Å². The zero-order chi connectivity index (χ0) is 19.6. The van der Waals surface area contributed by atoms with Gasteiger partial charge in [-0.3, -0.25) is 4.98 Å². The fourth-order valence-electron chi connectivity index (χ4n) is 2.65. The van der Waals surface area contributed by atoms with Crippen LogP contribution in [-0.2, 0) is 6.42 Å².